The van der Waals surface area contributed by atoms with Crippen LogP contribution in [0, 0.1) is 0 Å². The van der Waals surface area contributed by atoms with E-state index in [1.165, 1.54) is 24.8 Å². The fourth-order valence-corrected chi connectivity index (χ4v) is 4.15. The summed E-state index contributed by atoms with van der Waals surface area (Å²) in [5, 5.41) is 1.05. The van der Waals surface area contributed by atoms with Crippen LogP contribution in [0.4, 0.5) is 0 Å². The Kier molecular flexibility index (Phi) is 4.79. The van der Waals surface area contributed by atoms with Crippen LogP contribution in [-0.4, -0.2) is 28.5 Å². The Hall–Kier alpha value is -2.55. The third-order valence-corrected chi connectivity index (χ3v) is 5.66. The third kappa shape index (κ3) is 3.26. The van der Waals surface area contributed by atoms with Gasteiger partial charge in [-0.25, -0.2) is 0 Å². The molecule has 0 atom stereocenters. The summed E-state index contributed by atoms with van der Waals surface area (Å²) in [5.41, 5.74) is 3.19. The number of hydrogen-bond donors (Lipinski definition) is 0. The van der Waals surface area contributed by atoms with Crippen molar-refractivity contribution in [3.8, 4) is 0 Å². The molecule has 1 saturated carbocycles. The Morgan fingerprint density at radius 2 is 1.69 bits per heavy atom. The first-order valence-electron chi connectivity index (χ1n) is 9.63. The molecule has 0 radical (unpaired) electrons. The van der Waals surface area contributed by atoms with Crippen molar-refractivity contribution in [3.05, 3.63) is 71.9 Å². The molecule has 134 valence electrons. The molecule has 26 heavy (non-hydrogen) atoms. The van der Waals surface area contributed by atoms with E-state index in [1.54, 1.807) is 0 Å². The van der Waals surface area contributed by atoms with Crippen molar-refractivity contribution in [1.29, 1.82) is 0 Å². The van der Waals surface area contributed by atoms with Crippen LogP contribution in [0.25, 0.3) is 10.9 Å². The molecule has 4 rings (SSSR count). The molecule has 2 aromatic carbocycles. The fourth-order valence-electron chi connectivity index (χ4n) is 4.15. The topological polar surface area (TPSA) is 25.2 Å². The molecular formula is C23H26N2O. The van der Waals surface area contributed by atoms with E-state index < -0.39 is 0 Å². The van der Waals surface area contributed by atoms with Gasteiger partial charge >= 0.3 is 0 Å². The van der Waals surface area contributed by atoms with Crippen molar-refractivity contribution < 1.29 is 4.79 Å². The second-order valence-electron chi connectivity index (χ2n) is 7.38. The van der Waals surface area contributed by atoms with Crippen LogP contribution in [0.15, 0.2) is 60.8 Å². The summed E-state index contributed by atoms with van der Waals surface area (Å²) in [5.74, 6) is 0.153. The molecule has 1 fully saturated rings. The Morgan fingerprint density at radius 1 is 1.00 bits per heavy atom. The minimum Gasteiger partial charge on any atom is -0.342 e. The summed E-state index contributed by atoms with van der Waals surface area (Å²) in [7, 11) is 1.97. The fraction of sp³-hybridized carbons (Fsp3) is 0.348. The maximum absolute atomic E-state index is 13.2. The lowest BCUT2D eigenvalue weighted by Gasteiger charge is -2.31. The van der Waals surface area contributed by atoms with E-state index in [-0.39, 0.29) is 5.91 Å². The molecular weight excluding hydrogens is 320 g/mol. The van der Waals surface area contributed by atoms with Crippen molar-refractivity contribution in [3.63, 3.8) is 0 Å². The van der Waals surface area contributed by atoms with Gasteiger partial charge in [0, 0.05) is 36.7 Å². The van der Waals surface area contributed by atoms with Gasteiger partial charge in [0.05, 0.1) is 5.56 Å². The molecule has 1 amide bonds. The zero-order valence-corrected chi connectivity index (χ0v) is 15.4. The van der Waals surface area contributed by atoms with Gasteiger partial charge in [0.1, 0.15) is 0 Å². The summed E-state index contributed by atoms with van der Waals surface area (Å²) in [6.07, 6.45) is 8.07. The van der Waals surface area contributed by atoms with Crippen molar-refractivity contribution in [2.75, 3.05) is 7.05 Å². The van der Waals surface area contributed by atoms with Crippen LogP contribution < -0.4 is 0 Å². The molecule has 1 aromatic heterocycles. The minimum atomic E-state index is 0.153. The van der Waals surface area contributed by atoms with Crippen LogP contribution in [0.1, 0.15) is 48.0 Å². The largest absolute Gasteiger partial charge is 0.342 e. The highest BCUT2D eigenvalue weighted by atomic mass is 16.2. The highest BCUT2D eigenvalue weighted by Gasteiger charge is 2.25. The molecule has 0 N–H and O–H groups in total. The highest BCUT2D eigenvalue weighted by molar-refractivity contribution is 6.07. The predicted octanol–water partition coefficient (Wildman–Crippen LogP) is 5.09. The Labute approximate surface area is 155 Å². The molecule has 1 heterocycles. The summed E-state index contributed by atoms with van der Waals surface area (Å²) in [4.78, 5) is 15.2. The van der Waals surface area contributed by atoms with Crippen LogP contribution in [0.5, 0.6) is 0 Å². The van der Waals surface area contributed by atoms with E-state index in [4.69, 9.17) is 0 Å². The first kappa shape index (κ1) is 16.9. The van der Waals surface area contributed by atoms with E-state index in [0.717, 1.165) is 35.9 Å². The number of carbonyl (C=O) groups excluding carboxylic acids is 1. The lowest BCUT2D eigenvalue weighted by Crippen LogP contribution is -2.38. The summed E-state index contributed by atoms with van der Waals surface area (Å²) in [6.45, 7) is 0.780. The quantitative estimate of drug-likeness (QED) is 0.645. The standard InChI is InChI=1S/C23H26N2O/c1-24(19-12-6-3-7-13-19)23(26)21-17-25(16-18-10-4-2-5-11-18)22-15-9-8-14-20(21)22/h2,4-5,8-11,14-15,17,19H,3,6-7,12-13,16H2,1H3. The van der Waals surface area contributed by atoms with Crippen LogP contribution >= 0.6 is 0 Å². The van der Waals surface area contributed by atoms with E-state index in [2.05, 4.69) is 41.0 Å². The SMILES string of the molecule is CN(C(=O)c1cn(Cc2ccccc2)c2ccccc12)C1CCCCC1. The zero-order chi connectivity index (χ0) is 17.9. The predicted molar refractivity (Wildman–Crippen MR) is 106 cm³/mol. The molecule has 0 bridgehead atoms. The minimum absolute atomic E-state index is 0.153. The van der Waals surface area contributed by atoms with Crippen molar-refractivity contribution in [1.82, 2.24) is 9.47 Å². The number of benzene rings is 2. The molecule has 1 aliphatic rings. The number of aromatic nitrogens is 1. The van der Waals surface area contributed by atoms with Gasteiger partial charge in [-0.2, -0.15) is 0 Å². The monoisotopic (exact) mass is 346 g/mol. The van der Waals surface area contributed by atoms with Gasteiger partial charge in [-0.05, 0) is 24.5 Å². The molecule has 0 aliphatic heterocycles. The van der Waals surface area contributed by atoms with Gasteiger partial charge in [0.2, 0.25) is 0 Å². The first-order chi connectivity index (χ1) is 12.7. The number of carbonyl (C=O) groups is 1. The molecule has 3 heteroatoms. The van der Waals surface area contributed by atoms with Gasteiger partial charge in [-0.3, -0.25) is 4.79 Å². The van der Waals surface area contributed by atoms with Crippen LogP contribution in [0.3, 0.4) is 0 Å². The molecule has 3 nitrogen and oxygen atoms in total. The van der Waals surface area contributed by atoms with E-state index >= 15 is 0 Å². The number of fused-ring (bicyclic) bond motifs is 1. The number of para-hydroxylation sites is 1. The third-order valence-electron chi connectivity index (χ3n) is 5.66. The van der Waals surface area contributed by atoms with E-state index in [1.807, 2.05) is 36.3 Å². The van der Waals surface area contributed by atoms with E-state index in [0.29, 0.717) is 6.04 Å². The van der Waals surface area contributed by atoms with Gasteiger partial charge in [-0.15, -0.1) is 0 Å². The smallest absolute Gasteiger partial charge is 0.256 e. The molecule has 1 aliphatic carbocycles. The molecule has 0 saturated heterocycles. The normalized spacial score (nSPS) is 15.3. The maximum atomic E-state index is 13.2. The van der Waals surface area contributed by atoms with Gasteiger partial charge in [0.25, 0.3) is 5.91 Å². The Bertz CT molecular complexity index is 891. The Morgan fingerprint density at radius 3 is 2.46 bits per heavy atom. The lowest BCUT2D eigenvalue weighted by molar-refractivity contribution is 0.0698. The number of hydrogen-bond acceptors (Lipinski definition) is 1. The Balaban J connectivity index is 1.67. The number of nitrogens with zero attached hydrogens (tertiary/aromatic N) is 2. The van der Waals surface area contributed by atoms with Gasteiger partial charge in [0.15, 0.2) is 0 Å². The van der Waals surface area contributed by atoms with Crippen molar-refractivity contribution >= 4 is 16.8 Å². The van der Waals surface area contributed by atoms with Crippen LogP contribution in [-0.2, 0) is 6.54 Å². The van der Waals surface area contributed by atoms with Crippen molar-refractivity contribution in [2.45, 2.75) is 44.7 Å². The average Bonchev–Trinajstić information content (AvgIpc) is 3.07. The molecule has 0 spiro atoms. The van der Waals surface area contributed by atoms with Gasteiger partial charge in [-0.1, -0.05) is 67.8 Å². The van der Waals surface area contributed by atoms with Crippen molar-refractivity contribution in [2.24, 2.45) is 0 Å². The van der Waals surface area contributed by atoms with E-state index in [9.17, 15) is 4.79 Å². The van der Waals surface area contributed by atoms with Gasteiger partial charge < -0.3 is 9.47 Å². The summed E-state index contributed by atoms with van der Waals surface area (Å²) < 4.78 is 2.20. The first-order valence-corrected chi connectivity index (χ1v) is 9.63. The number of rotatable bonds is 4. The lowest BCUT2D eigenvalue weighted by atomic mass is 9.94. The molecule has 0 unspecified atom stereocenters. The molecule has 3 aromatic rings. The maximum Gasteiger partial charge on any atom is 0.256 e. The summed E-state index contributed by atoms with van der Waals surface area (Å²) >= 11 is 0. The number of amides is 1. The second kappa shape index (κ2) is 7.36. The second-order valence-corrected chi connectivity index (χ2v) is 7.38. The zero-order valence-electron chi connectivity index (χ0n) is 15.4. The highest BCUT2D eigenvalue weighted by Crippen LogP contribution is 2.27. The summed E-state index contributed by atoms with van der Waals surface area (Å²) in [6, 6.07) is 19.0. The average molecular weight is 346 g/mol. The van der Waals surface area contributed by atoms with Crippen LogP contribution in [0.2, 0.25) is 0 Å².